The lowest BCUT2D eigenvalue weighted by Gasteiger charge is -2.05. The number of benzene rings is 1. The maximum atomic E-state index is 11.9. The van der Waals surface area contributed by atoms with Crippen molar-refractivity contribution in [3.63, 3.8) is 0 Å². The van der Waals surface area contributed by atoms with Gasteiger partial charge in [0.15, 0.2) is 14.5 Å². The van der Waals surface area contributed by atoms with E-state index in [1.165, 1.54) is 30.0 Å². The standard InChI is InChI=1S/C14H15N3O2S3/c1-9(18)10-3-5-11(6-4-10)15-12(19)7-8-21-14-17-16-13(20-2)22-14/h3-6H,7-8H2,1-2H3,(H,15,19). The summed E-state index contributed by atoms with van der Waals surface area (Å²) in [6.07, 6.45) is 2.35. The minimum absolute atomic E-state index is 0.0101. The third kappa shape index (κ3) is 5.11. The van der Waals surface area contributed by atoms with Crippen LogP contribution in [0.1, 0.15) is 23.7 Å². The predicted octanol–water partition coefficient (Wildman–Crippen LogP) is 3.58. The number of hydrogen-bond acceptors (Lipinski definition) is 7. The summed E-state index contributed by atoms with van der Waals surface area (Å²) in [5.41, 5.74) is 1.33. The van der Waals surface area contributed by atoms with Gasteiger partial charge in [0, 0.05) is 23.4 Å². The summed E-state index contributed by atoms with van der Waals surface area (Å²) >= 11 is 4.62. The number of nitrogens with one attached hydrogen (secondary N) is 1. The molecule has 0 aliphatic heterocycles. The van der Waals surface area contributed by atoms with Crippen LogP contribution in [0.4, 0.5) is 5.69 Å². The Bertz CT molecular complexity index is 656. The van der Waals surface area contributed by atoms with Crippen LogP contribution in [-0.4, -0.2) is 33.9 Å². The predicted molar refractivity (Wildman–Crippen MR) is 92.1 cm³/mol. The van der Waals surface area contributed by atoms with Crippen LogP contribution in [0.25, 0.3) is 0 Å². The molecule has 0 saturated carbocycles. The van der Waals surface area contributed by atoms with Gasteiger partial charge in [0.2, 0.25) is 5.91 Å². The van der Waals surface area contributed by atoms with Crippen molar-refractivity contribution in [3.05, 3.63) is 29.8 Å². The van der Waals surface area contributed by atoms with Crippen molar-refractivity contribution in [2.24, 2.45) is 0 Å². The molecule has 5 nitrogen and oxygen atoms in total. The Labute approximate surface area is 141 Å². The number of rotatable bonds is 7. The molecule has 1 aromatic heterocycles. The van der Waals surface area contributed by atoms with E-state index >= 15 is 0 Å². The molecule has 116 valence electrons. The van der Waals surface area contributed by atoms with E-state index in [1.54, 1.807) is 36.0 Å². The minimum atomic E-state index is -0.0577. The van der Waals surface area contributed by atoms with Gasteiger partial charge in [0.05, 0.1) is 0 Å². The molecule has 0 spiro atoms. The van der Waals surface area contributed by atoms with Crippen LogP contribution in [0.15, 0.2) is 32.9 Å². The first-order valence-electron chi connectivity index (χ1n) is 6.49. The largest absolute Gasteiger partial charge is 0.326 e. The second-order valence-electron chi connectivity index (χ2n) is 4.32. The average Bonchev–Trinajstić information content (AvgIpc) is 2.96. The van der Waals surface area contributed by atoms with Crippen LogP contribution in [0.3, 0.4) is 0 Å². The summed E-state index contributed by atoms with van der Waals surface area (Å²) in [5, 5.41) is 10.9. The van der Waals surface area contributed by atoms with Gasteiger partial charge in [-0.15, -0.1) is 10.2 Å². The van der Waals surface area contributed by atoms with E-state index in [4.69, 9.17) is 0 Å². The molecular formula is C14H15N3O2S3. The summed E-state index contributed by atoms with van der Waals surface area (Å²) in [6.45, 7) is 1.51. The van der Waals surface area contributed by atoms with Crippen molar-refractivity contribution in [2.75, 3.05) is 17.3 Å². The molecule has 0 fully saturated rings. The fraction of sp³-hybridized carbons (Fsp3) is 0.286. The van der Waals surface area contributed by atoms with Gasteiger partial charge in [-0.05, 0) is 37.4 Å². The molecule has 8 heteroatoms. The van der Waals surface area contributed by atoms with Gasteiger partial charge in [0.25, 0.3) is 0 Å². The van der Waals surface area contributed by atoms with Crippen molar-refractivity contribution in [1.29, 1.82) is 0 Å². The zero-order valence-corrected chi connectivity index (χ0v) is 14.6. The molecular weight excluding hydrogens is 338 g/mol. The van der Waals surface area contributed by atoms with Crippen molar-refractivity contribution < 1.29 is 9.59 Å². The second-order valence-corrected chi connectivity index (χ2v) is 7.69. The maximum Gasteiger partial charge on any atom is 0.225 e. The Balaban J connectivity index is 1.76. The Morgan fingerprint density at radius 3 is 2.45 bits per heavy atom. The normalized spacial score (nSPS) is 10.5. The van der Waals surface area contributed by atoms with E-state index < -0.39 is 0 Å². The molecule has 1 amide bonds. The zero-order chi connectivity index (χ0) is 15.9. The quantitative estimate of drug-likeness (QED) is 0.606. The van der Waals surface area contributed by atoms with Crippen LogP contribution in [0.2, 0.25) is 0 Å². The SMILES string of the molecule is CSc1nnc(SCCC(=O)Nc2ccc(C(C)=O)cc2)s1. The summed E-state index contributed by atoms with van der Waals surface area (Å²) < 4.78 is 1.81. The van der Waals surface area contributed by atoms with Gasteiger partial charge in [-0.3, -0.25) is 9.59 Å². The molecule has 0 atom stereocenters. The zero-order valence-electron chi connectivity index (χ0n) is 12.2. The number of carbonyl (C=O) groups excluding carboxylic acids is 2. The molecule has 1 heterocycles. The molecule has 0 radical (unpaired) electrons. The van der Waals surface area contributed by atoms with Gasteiger partial charge in [0.1, 0.15) is 0 Å². The molecule has 22 heavy (non-hydrogen) atoms. The first-order chi connectivity index (χ1) is 10.6. The maximum absolute atomic E-state index is 11.9. The third-order valence-electron chi connectivity index (χ3n) is 2.69. The van der Waals surface area contributed by atoms with Crippen LogP contribution in [0, 0.1) is 0 Å². The van der Waals surface area contributed by atoms with E-state index in [0.29, 0.717) is 23.4 Å². The van der Waals surface area contributed by atoms with E-state index in [9.17, 15) is 9.59 Å². The molecule has 0 saturated heterocycles. The highest BCUT2D eigenvalue weighted by atomic mass is 32.2. The summed E-state index contributed by atoms with van der Waals surface area (Å²) in [7, 11) is 0. The average molecular weight is 353 g/mol. The topological polar surface area (TPSA) is 72.0 Å². The van der Waals surface area contributed by atoms with Crippen LogP contribution < -0.4 is 5.32 Å². The van der Waals surface area contributed by atoms with Gasteiger partial charge in [-0.25, -0.2) is 0 Å². The van der Waals surface area contributed by atoms with Crippen molar-refractivity contribution in [1.82, 2.24) is 10.2 Å². The van der Waals surface area contributed by atoms with Crippen molar-refractivity contribution in [2.45, 2.75) is 22.0 Å². The number of anilines is 1. The van der Waals surface area contributed by atoms with Crippen LogP contribution in [-0.2, 0) is 4.79 Å². The van der Waals surface area contributed by atoms with E-state index in [-0.39, 0.29) is 11.7 Å². The number of Topliss-reactive ketones (excluding diaryl/α,β-unsaturated/α-hetero) is 1. The van der Waals surface area contributed by atoms with Gasteiger partial charge in [-0.1, -0.05) is 34.9 Å². The number of carbonyl (C=O) groups is 2. The first kappa shape index (κ1) is 17.0. The molecule has 0 aliphatic rings. The van der Waals surface area contributed by atoms with Crippen LogP contribution in [0.5, 0.6) is 0 Å². The van der Waals surface area contributed by atoms with Crippen LogP contribution >= 0.6 is 34.9 Å². The summed E-state index contributed by atoms with van der Waals surface area (Å²) in [5.74, 6) is 0.606. The number of hydrogen-bond donors (Lipinski definition) is 1. The number of thioether (sulfide) groups is 2. The van der Waals surface area contributed by atoms with Gasteiger partial charge in [-0.2, -0.15) is 0 Å². The number of amides is 1. The van der Waals surface area contributed by atoms with E-state index in [2.05, 4.69) is 15.5 Å². The Kier molecular flexibility index (Phi) is 6.41. The number of ketones is 1. The molecule has 1 N–H and O–H groups in total. The van der Waals surface area contributed by atoms with Crippen molar-refractivity contribution >= 4 is 52.2 Å². The summed E-state index contributed by atoms with van der Waals surface area (Å²) in [6, 6.07) is 6.88. The Morgan fingerprint density at radius 2 is 1.86 bits per heavy atom. The lowest BCUT2D eigenvalue weighted by Crippen LogP contribution is -2.12. The Morgan fingerprint density at radius 1 is 1.18 bits per heavy atom. The van der Waals surface area contributed by atoms with Crippen molar-refractivity contribution in [3.8, 4) is 0 Å². The lowest BCUT2D eigenvalue weighted by molar-refractivity contribution is -0.115. The third-order valence-corrected chi connectivity index (χ3v) is 5.73. The smallest absolute Gasteiger partial charge is 0.225 e. The molecule has 1 aromatic carbocycles. The first-order valence-corrected chi connectivity index (χ1v) is 9.52. The van der Waals surface area contributed by atoms with Gasteiger partial charge < -0.3 is 5.32 Å². The lowest BCUT2D eigenvalue weighted by atomic mass is 10.1. The highest BCUT2D eigenvalue weighted by molar-refractivity contribution is 8.02. The fourth-order valence-electron chi connectivity index (χ4n) is 1.58. The fourth-order valence-corrected chi connectivity index (χ4v) is 4.03. The highest BCUT2D eigenvalue weighted by Gasteiger charge is 2.07. The minimum Gasteiger partial charge on any atom is -0.326 e. The Hall–Kier alpha value is -1.38. The number of aromatic nitrogens is 2. The monoisotopic (exact) mass is 353 g/mol. The van der Waals surface area contributed by atoms with E-state index in [0.717, 1.165) is 8.68 Å². The summed E-state index contributed by atoms with van der Waals surface area (Å²) in [4.78, 5) is 23.0. The second kappa shape index (κ2) is 8.30. The van der Waals surface area contributed by atoms with Gasteiger partial charge >= 0.3 is 0 Å². The van der Waals surface area contributed by atoms with E-state index in [1.807, 2.05) is 6.26 Å². The number of nitrogens with zero attached hydrogens (tertiary/aromatic N) is 2. The highest BCUT2D eigenvalue weighted by Crippen LogP contribution is 2.27. The molecule has 0 bridgehead atoms. The molecule has 0 aliphatic carbocycles. The molecule has 0 unspecified atom stereocenters. The molecule has 2 rings (SSSR count). The molecule has 2 aromatic rings.